The Balaban J connectivity index is 1.89. The van der Waals surface area contributed by atoms with E-state index in [0.717, 1.165) is 23.2 Å². The first-order chi connectivity index (χ1) is 15.4. The van der Waals surface area contributed by atoms with Crippen molar-refractivity contribution in [1.82, 2.24) is 14.9 Å². The smallest absolute Gasteiger partial charge is 0.264 e. The zero-order valence-corrected chi connectivity index (χ0v) is 19.8. The average Bonchev–Trinajstić information content (AvgIpc) is 3.10. The van der Waals surface area contributed by atoms with Crippen LogP contribution in [0.25, 0.3) is 10.2 Å². The molecule has 3 rings (SSSR count). The monoisotopic (exact) mass is 456 g/mol. The van der Waals surface area contributed by atoms with E-state index < -0.39 is 0 Å². The Bertz CT molecular complexity index is 1130. The van der Waals surface area contributed by atoms with Crippen LogP contribution in [0.1, 0.15) is 40.0 Å². The molecule has 2 aromatic heterocycles. The summed E-state index contributed by atoms with van der Waals surface area (Å²) in [5, 5.41) is 3.61. The largest absolute Gasteiger partial charge is 0.480 e. The van der Waals surface area contributed by atoms with Crippen LogP contribution in [0.5, 0.6) is 5.88 Å². The zero-order valence-electron chi connectivity index (χ0n) is 19.0. The first-order valence-electron chi connectivity index (χ1n) is 10.4. The highest BCUT2D eigenvalue weighted by molar-refractivity contribution is 7.20. The van der Waals surface area contributed by atoms with Crippen LogP contribution in [0.15, 0.2) is 24.3 Å². The molecule has 0 bridgehead atoms. The second kappa shape index (κ2) is 10.5. The predicted octanol–water partition coefficient (Wildman–Crippen LogP) is 3.95. The minimum absolute atomic E-state index is 0.0353. The molecule has 0 aliphatic rings. The predicted molar refractivity (Wildman–Crippen MR) is 125 cm³/mol. The number of methoxy groups -OCH3 is 2. The molecule has 0 aliphatic carbocycles. The number of thiophene rings is 1. The quantitative estimate of drug-likeness (QED) is 0.524. The van der Waals surface area contributed by atoms with Gasteiger partial charge in [0.15, 0.2) is 5.82 Å². The standard InChI is InChI=1S/C23H28N4O4S/c1-6-11-27(12-18(28)24-16-10-8-7-9-14(16)2)23(29)20-15(3)19-21(31-5)25-17(13-30-4)26-22(19)32-20/h7-10H,6,11-13H2,1-5H3,(H,24,28). The second-order valence-corrected chi connectivity index (χ2v) is 8.41. The van der Waals surface area contributed by atoms with Gasteiger partial charge in [-0.25, -0.2) is 4.98 Å². The summed E-state index contributed by atoms with van der Waals surface area (Å²) in [7, 11) is 3.11. The third-order valence-corrected chi connectivity index (χ3v) is 6.17. The van der Waals surface area contributed by atoms with Crippen LogP contribution in [-0.2, 0) is 16.1 Å². The molecule has 3 aromatic rings. The molecule has 0 saturated carbocycles. The highest BCUT2D eigenvalue weighted by Gasteiger charge is 2.26. The Hall–Kier alpha value is -3.04. The van der Waals surface area contributed by atoms with Crippen LogP contribution in [0, 0.1) is 13.8 Å². The summed E-state index contributed by atoms with van der Waals surface area (Å²) >= 11 is 1.28. The lowest BCUT2D eigenvalue weighted by atomic mass is 10.2. The number of hydrogen-bond donors (Lipinski definition) is 1. The van der Waals surface area contributed by atoms with Crippen molar-refractivity contribution in [3.63, 3.8) is 0 Å². The number of rotatable bonds is 9. The average molecular weight is 457 g/mol. The fraction of sp³-hybridized carbons (Fsp3) is 0.391. The summed E-state index contributed by atoms with van der Waals surface area (Å²) in [6, 6.07) is 7.55. The molecule has 170 valence electrons. The number of carbonyl (C=O) groups excluding carboxylic acids is 2. The van der Waals surface area contributed by atoms with Gasteiger partial charge in [0.25, 0.3) is 5.91 Å². The van der Waals surface area contributed by atoms with Gasteiger partial charge in [-0.05, 0) is 37.5 Å². The number of para-hydroxylation sites is 1. The molecular weight excluding hydrogens is 428 g/mol. The van der Waals surface area contributed by atoms with Crippen molar-refractivity contribution in [2.45, 2.75) is 33.8 Å². The lowest BCUT2D eigenvalue weighted by Crippen LogP contribution is -2.38. The van der Waals surface area contributed by atoms with Crippen LogP contribution in [0.3, 0.4) is 0 Å². The number of hydrogen-bond acceptors (Lipinski definition) is 7. The molecule has 0 atom stereocenters. The maximum absolute atomic E-state index is 13.4. The van der Waals surface area contributed by atoms with Gasteiger partial charge in [0.1, 0.15) is 18.0 Å². The Labute approximate surface area is 191 Å². The number of amides is 2. The van der Waals surface area contributed by atoms with E-state index in [1.165, 1.54) is 18.4 Å². The molecule has 8 nitrogen and oxygen atoms in total. The maximum atomic E-state index is 13.4. The van der Waals surface area contributed by atoms with E-state index in [1.807, 2.05) is 45.0 Å². The summed E-state index contributed by atoms with van der Waals surface area (Å²) in [5.74, 6) is 0.455. The van der Waals surface area contributed by atoms with Crippen molar-refractivity contribution in [1.29, 1.82) is 0 Å². The maximum Gasteiger partial charge on any atom is 0.264 e. The molecule has 9 heteroatoms. The first kappa shape index (κ1) is 23.6. The number of nitrogens with one attached hydrogen (secondary N) is 1. The molecule has 0 spiro atoms. The van der Waals surface area contributed by atoms with E-state index in [-0.39, 0.29) is 25.0 Å². The number of carbonyl (C=O) groups is 2. The Morgan fingerprint density at radius 2 is 1.91 bits per heavy atom. The van der Waals surface area contributed by atoms with Crippen LogP contribution >= 0.6 is 11.3 Å². The third kappa shape index (κ3) is 5.05. The number of anilines is 1. The number of nitrogens with zero attached hydrogens (tertiary/aromatic N) is 3. The number of ether oxygens (including phenoxy) is 2. The highest BCUT2D eigenvalue weighted by Crippen LogP contribution is 2.35. The van der Waals surface area contributed by atoms with E-state index in [0.29, 0.717) is 33.3 Å². The Morgan fingerprint density at radius 1 is 1.16 bits per heavy atom. The molecule has 0 saturated heterocycles. The van der Waals surface area contributed by atoms with E-state index in [4.69, 9.17) is 9.47 Å². The second-order valence-electron chi connectivity index (χ2n) is 7.41. The van der Waals surface area contributed by atoms with Crippen LogP contribution in [-0.4, -0.2) is 54.0 Å². The van der Waals surface area contributed by atoms with Crippen LogP contribution in [0.4, 0.5) is 5.69 Å². The van der Waals surface area contributed by atoms with E-state index in [9.17, 15) is 9.59 Å². The lowest BCUT2D eigenvalue weighted by molar-refractivity contribution is -0.116. The van der Waals surface area contributed by atoms with Gasteiger partial charge in [0.05, 0.1) is 17.4 Å². The van der Waals surface area contributed by atoms with Crippen molar-refractivity contribution in [2.75, 3.05) is 32.6 Å². The molecular formula is C23H28N4O4S. The van der Waals surface area contributed by atoms with Crippen LogP contribution in [0.2, 0.25) is 0 Å². The minimum atomic E-state index is -0.236. The molecule has 32 heavy (non-hydrogen) atoms. The molecule has 0 fully saturated rings. The summed E-state index contributed by atoms with van der Waals surface area (Å²) in [4.78, 5) is 37.8. The van der Waals surface area contributed by atoms with Gasteiger partial charge >= 0.3 is 0 Å². The fourth-order valence-corrected chi connectivity index (χ4v) is 4.59. The van der Waals surface area contributed by atoms with Gasteiger partial charge in [0, 0.05) is 19.3 Å². The van der Waals surface area contributed by atoms with Crippen molar-refractivity contribution >= 4 is 39.1 Å². The number of aromatic nitrogens is 2. The topological polar surface area (TPSA) is 93.7 Å². The molecule has 0 aliphatic heterocycles. The minimum Gasteiger partial charge on any atom is -0.480 e. The summed E-state index contributed by atoms with van der Waals surface area (Å²) in [6.07, 6.45) is 0.731. The summed E-state index contributed by atoms with van der Waals surface area (Å²) in [5.41, 5.74) is 2.45. The fourth-order valence-electron chi connectivity index (χ4n) is 3.43. The van der Waals surface area contributed by atoms with E-state index >= 15 is 0 Å². The lowest BCUT2D eigenvalue weighted by Gasteiger charge is -2.21. The van der Waals surface area contributed by atoms with Gasteiger partial charge in [0.2, 0.25) is 11.8 Å². The van der Waals surface area contributed by atoms with E-state index in [1.54, 1.807) is 12.0 Å². The zero-order chi connectivity index (χ0) is 23.3. The number of benzene rings is 1. The molecule has 2 heterocycles. The SMILES string of the molecule is CCCN(CC(=O)Nc1ccccc1C)C(=O)c1sc2nc(COC)nc(OC)c2c1C. The summed E-state index contributed by atoms with van der Waals surface area (Å²) in [6.45, 7) is 6.43. The first-order valence-corrected chi connectivity index (χ1v) is 11.2. The molecule has 0 radical (unpaired) electrons. The van der Waals surface area contributed by atoms with Crippen molar-refractivity contribution < 1.29 is 19.1 Å². The van der Waals surface area contributed by atoms with Crippen LogP contribution < -0.4 is 10.1 Å². The normalized spacial score (nSPS) is 10.9. The Kier molecular flexibility index (Phi) is 7.76. The van der Waals surface area contributed by atoms with E-state index in [2.05, 4.69) is 15.3 Å². The van der Waals surface area contributed by atoms with Gasteiger partial charge in [-0.2, -0.15) is 4.98 Å². The van der Waals surface area contributed by atoms with Gasteiger partial charge in [-0.15, -0.1) is 11.3 Å². The third-order valence-electron chi connectivity index (χ3n) is 5.00. The molecule has 2 amide bonds. The summed E-state index contributed by atoms with van der Waals surface area (Å²) < 4.78 is 10.6. The number of aryl methyl sites for hydroxylation is 2. The molecule has 0 unspecified atom stereocenters. The number of fused-ring (bicyclic) bond motifs is 1. The van der Waals surface area contributed by atoms with Crippen molar-refractivity contribution in [2.24, 2.45) is 0 Å². The molecule has 1 aromatic carbocycles. The Morgan fingerprint density at radius 3 is 2.56 bits per heavy atom. The van der Waals surface area contributed by atoms with Gasteiger partial charge in [-0.3, -0.25) is 9.59 Å². The van der Waals surface area contributed by atoms with Crippen molar-refractivity contribution in [3.8, 4) is 5.88 Å². The van der Waals surface area contributed by atoms with Gasteiger partial charge < -0.3 is 19.7 Å². The highest BCUT2D eigenvalue weighted by atomic mass is 32.1. The molecule has 1 N–H and O–H groups in total. The van der Waals surface area contributed by atoms with Gasteiger partial charge in [-0.1, -0.05) is 25.1 Å². The van der Waals surface area contributed by atoms with Crippen molar-refractivity contribution in [3.05, 3.63) is 46.1 Å².